The number of aryl methyl sites for hydroxylation is 1. The molecule has 7 nitrogen and oxygen atoms in total. The maximum absolute atomic E-state index is 12.8. The predicted octanol–water partition coefficient (Wildman–Crippen LogP) is 4.09. The first-order chi connectivity index (χ1) is 16.2. The van der Waals surface area contributed by atoms with Crippen LogP contribution in [0.2, 0.25) is 0 Å². The molecule has 0 saturated carbocycles. The molecule has 0 saturated heterocycles. The summed E-state index contributed by atoms with van der Waals surface area (Å²) in [5.41, 5.74) is 2.06. The van der Waals surface area contributed by atoms with Gasteiger partial charge in [0.05, 0.1) is 39.0 Å². The highest BCUT2D eigenvalue weighted by atomic mass is 32.2. The van der Waals surface area contributed by atoms with E-state index < -0.39 is 15.1 Å². The van der Waals surface area contributed by atoms with Gasteiger partial charge in [0.15, 0.2) is 14.6 Å². The van der Waals surface area contributed by atoms with Crippen LogP contribution in [0.15, 0.2) is 52.4 Å². The fourth-order valence-electron chi connectivity index (χ4n) is 3.29. The number of rotatable bonds is 9. The zero-order valence-corrected chi connectivity index (χ0v) is 22.1. The Morgan fingerprint density at radius 3 is 2.47 bits per heavy atom. The third-order valence-corrected chi connectivity index (χ3v) is 8.96. The molecule has 0 radical (unpaired) electrons. The third kappa shape index (κ3) is 5.97. The van der Waals surface area contributed by atoms with Crippen LogP contribution in [0.4, 0.5) is 0 Å². The number of hydrogen-bond acceptors (Lipinski definition) is 7. The molecule has 0 bridgehead atoms. The van der Waals surface area contributed by atoms with E-state index >= 15 is 0 Å². The molecule has 1 heterocycles. The van der Waals surface area contributed by atoms with Crippen LogP contribution >= 0.6 is 23.1 Å². The summed E-state index contributed by atoms with van der Waals surface area (Å²) < 4.78 is 32.5. The van der Waals surface area contributed by atoms with Gasteiger partial charge in [0.25, 0.3) is 5.91 Å². The second-order valence-corrected chi connectivity index (χ2v) is 12.4. The number of ether oxygens (including phenoxy) is 1. The van der Waals surface area contributed by atoms with Crippen LogP contribution in [0.5, 0.6) is 0 Å². The van der Waals surface area contributed by atoms with Gasteiger partial charge in [-0.25, -0.2) is 13.2 Å². The van der Waals surface area contributed by atoms with Gasteiger partial charge in [-0.15, -0.1) is 0 Å². The van der Waals surface area contributed by atoms with Gasteiger partial charge in [-0.3, -0.25) is 4.79 Å². The molecule has 0 spiro atoms. The maximum Gasteiger partial charge on any atom is 0.338 e. The maximum atomic E-state index is 12.8. The van der Waals surface area contributed by atoms with Crippen molar-refractivity contribution in [2.24, 2.45) is 4.99 Å². The third-order valence-electron chi connectivity index (χ3n) is 5.16. The lowest BCUT2D eigenvalue weighted by Gasteiger charge is -2.08. The van der Waals surface area contributed by atoms with Crippen molar-refractivity contribution in [2.45, 2.75) is 43.9 Å². The molecule has 10 heteroatoms. The molecule has 1 amide bonds. The zero-order valence-electron chi connectivity index (χ0n) is 19.6. The molecule has 1 aromatic heterocycles. The summed E-state index contributed by atoms with van der Waals surface area (Å²) in [7, 11) is -3.36. The minimum Gasteiger partial charge on any atom is -0.462 e. The highest BCUT2D eigenvalue weighted by molar-refractivity contribution is 7.98. The van der Waals surface area contributed by atoms with E-state index in [0.717, 1.165) is 16.0 Å². The van der Waals surface area contributed by atoms with Crippen molar-refractivity contribution in [2.75, 3.05) is 18.6 Å². The molecular formula is C24H28N2O5S3. The lowest BCUT2D eigenvalue weighted by molar-refractivity contribution is -0.117. The van der Waals surface area contributed by atoms with Gasteiger partial charge in [0, 0.05) is 12.3 Å². The number of benzene rings is 2. The van der Waals surface area contributed by atoms with E-state index in [1.807, 2.05) is 16.9 Å². The summed E-state index contributed by atoms with van der Waals surface area (Å²) in [6.07, 6.45) is 2.08. The molecule has 0 unspecified atom stereocenters. The van der Waals surface area contributed by atoms with Crippen LogP contribution < -0.4 is 4.80 Å². The molecule has 0 N–H and O–H groups in total. The molecule has 0 aliphatic rings. The standard InChI is InChI=1S/C24H28N2O5S3/c1-5-31-23(28)18-8-11-20-21(15-18)33-24(26(20)12-13-32-4)25-22(27)14-17-6-9-19(10-7-17)34(29,30)16(2)3/h6-11,15-16H,5,12-14H2,1-4H3. The number of amides is 1. The lowest BCUT2D eigenvalue weighted by atomic mass is 10.1. The van der Waals surface area contributed by atoms with E-state index in [-0.39, 0.29) is 23.2 Å². The average Bonchev–Trinajstić information content (AvgIpc) is 3.13. The number of hydrogen-bond donors (Lipinski definition) is 0. The number of esters is 1. The minimum atomic E-state index is -3.36. The van der Waals surface area contributed by atoms with Crippen LogP contribution in [0.1, 0.15) is 36.7 Å². The monoisotopic (exact) mass is 520 g/mol. The van der Waals surface area contributed by atoms with Crippen LogP contribution in [0, 0.1) is 0 Å². The summed E-state index contributed by atoms with van der Waals surface area (Å²) in [6, 6.07) is 11.7. The van der Waals surface area contributed by atoms with E-state index in [9.17, 15) is 18.0 Å². The fraction of sp³-hybridized carbons (Fsp3) is 0.375. The lowest BCUT2D eigenvalue weighted by Crippen LogP contribution is -2.18. The van der Waals surface area contributed by atoms with Gasteiger partial charge in [0.2, 0.25) is 0 Å². The molecule has 0 aliphatic heterocycles. The Hall–Kier alpha value is -2.43. The molecule has 3 aromatic rings. The van der Waals surface area contributed by atoms with Gasteiger partial charge < -0.3 is 9.30 Å². The van der Waals surface area contributed by atoms with Crippen LogP contribution in [-0.2, 0) is 32.3 Å². The van der Waals surface area contributed by atoms with Crippen LogP contribution in [-0.4, -0.2) is 48.7 Å². The number of carbonyl (C=O) groups excluding carboxylic acids is 2. The molecule has 34 heavy (non-hydrogen) atoms. The van der Waals surface area contributed by atoms with Gasteiger partial charge in [0.1, 0.15) is 0 Å². The van der Waals surface area contributed by atoms with Crippen molar-refractivity contribution >= 4 is 55.0 Å². The summed E-state index contributed by atoms with van der Waals surface area (Å²) in [4.78, 5) is 30.0. The Labute approximate surface area is 207 Å². The van der Waals surface area contributed by atoms with E-state index in [0.29, 0.717) is 29.1 Å². The quantitative estimate of drug-likeness (QED) is 0.395. The summed E-state index contributed by atoms with van der Waals surface area (Å²) in [6.45, 7) is 6.01. The van der Waals surface area contributed by atoms with Crippen molar-refractivity contribution < 1.29 is 22.7 Å². The minimum absolute atomic E-state index is 0.0624. The first kappa shape index (κ1) is 26.2. The number of sulfone groups is 1. The molecule has 0 aliphatic carbocycles. The number of carbonyl (C=O) groups is 2. The number of thioether (sulfide) groups is 1. The number of nitrogens with zero attached hydrogens (tertiary/aromatic N) is 2. The smallest absolute Gasteiger partial charge is 0.338 e. The Bertz CT molecular complexity index is 1350. The Kier molecular flexibility index (Phi) is 8.72. The highest BCUT2D eigenvalue weighted by Crippen LogP contribution is 2.21. The number of aromatic nitrogens is 1. The molecule has 2 aromatic carbocycles. The van der Waals surface area contributed by atoms with Gasteiger partial charge in [-0.2, -0.15) is 16.8 Å². The molecule has 0 atom stereocenters. The summed E-state index contributed by atoms with van der Waals surface area (Å²) >= 11 is 3.04. The van der Waals surface area contributed by atoms with Gasteiger partial charge in [-0.05, 0) is 62.9 Å². The molecule has 3 rings (SSSR count). The second-order valence-electron chi connectivity index (χ2n) is 7.85. The van der Waals surface area contributed by atoms with Crippen molar-refractivity contribution in [3.8, 4) is 0 Å². The predicted molar refractivity (Wildman–Crippen MR) is 137 cm³/mol. The Morgan fingerprint density at radius 2 is 1.85 bits per heavy atom. The summed E-state index contributed by atoms with van der Waals surface area (Å²) in [5.74, 6) is 0.138. The summed E-state index contributed by atoms with van der Waals surface area (Å²) in [5, 5.41) is -0.510. The molecule has 182 valence electrons. The zero-order chi connectivity index (χ0) is 24.9. The van der Waals surface area contributed by atoms with E-state index in [4.69, 9.17) is 4.74 Å². The van der Waals surface area contributed by atoms with E-state index in [1.54, 1.807) is 56.8 Å². The van der Waals surface area contributed by atoms with Crippen molar-refractivity contribution in [3.63, 3.8) is 0 Å². The average molecular weight is 521 g/mol. The van der Waals surface area contributed by atoms with Gasteiger partial charge >= 0.3 is 5.97 Å². The van der Waals surface area contributed by atoms with Gasteiger partial charge in [-0.1, -0.05) is 23.5 Å². The largest absolute Gasteiger partial charge is 0.462 e. The van der Waals surface area contributed by atoms with E-state index in [1.165, 1.54) is 23.5 Å². The second kappa shape index (κ2) is 11.3. The number of fused-ring (bicyclic) bond motifs is 1. The van der Waals surface area contributed by atoms with E-state index in [2.05, 4.69) is 4.99 Å². The fourth-order valence-corrected chi connectivity index (χ4v) is 5.83. The van der Waals surface area contributed by atoms with Crippen molar-refractivity contribution in [1.82, 2.24) is 4.57 Å². The first-order valence-corrected chi connectivity index (χ1v) is 14.6. The molecule has 0 fully saturated rings. The van der Waals surface area contributed by atoms with Crippen molar-refractivity contribution in [1.29, 1.82) is 0 Å². The topological polar surface area (TPSA) is 94.8 Å². The highest BCUT2D eigenvalue weighted by Gasteiger charge is 2.19. The first-order valence-electron chi connectivity index (χ1n) is 10.9. The Morgan fingerprint density at radius 1 is 1.15 bits per heavy atom. The SMILES string of the molecule is CCOC(=O)c1ccc2c(c1)sc(=NC(=O)Cc1ccc(S(=O)(=O)C(C)C)cc1)n2CCSC. The Balaban J connectivity index is 1.91. The van der Waals surface area contributed by atoms with Crippen LogP contribution in [0.25, 0.3) is 10.2 Å². The number of thiazole rings is 1. The van der Waals surface area contributed by atoms with Crippen molar-refractivity contribution in [3.05, 3.63) is 58.4 Å². The normalized spacial score (nSPS) is 12.4. The van der Waals surface area contributed by atoms with Crippen LogP contribution in [0.3, 0.4) is 0 Å². The molecular weight excluding hydrogens is 492 g/mol.